The third kappa shape index (κ3) is 4.04. The lowest BCUT2D eigenvalue weighted by molar-refractivity contribution is 0.598. The third-order valence-corrected chi connectivity index (χ3v) is 2.96. The molecule has 0 bridgehead atoms. The molecule has 1 aromatic carbocycles. The summed E-state index contributed by atoms with van der Waals surface area (Å²) in [5, 5.41) is 5.79. The zero-order valence-corrected chi connectivity index (χ0v) is 10.3. The van der Waals surface area contributed by atoms with Crippen LogP contribution in [0.5, 0.6) is 0 Å². The fraction of sp³-hybridized carbons (Fsp3) is 0.200. The SMILES string of the molecule is NS(=O)(=O)c1ccc(C#CCCBr)cc1. The van der Waals surface area contributed by atoms with E-state index in [-0.39, 0.29) is 4.90 Å². The lowest BCUT2D eigenvalue weighted by Crippen LogP contribution is -2.11. The van der Waals surface area contributed by atoms with Gasteiger partial charge in [0, 0.05) is 17.3 Å². The van der Waals surface area contributed by atoms with E-state index < -0.39 is 10.0 Å². The molecule has 0 spiro atoms. The van der Waals surface area contributed by atoms with Crippen molar-refractivity contribution in [2.45, 2.75) is 11.3 Å². The van der Waals surface area contributed by atoms with Gasteiger partial charge in [-0.25, -0.2) is 13.6 Å². The fourth-order valence-corrected chi connectivity index (χ4v) is 1.65. The summed E-state index contributed by atoms with van der Waals surface area (Å²) in [7, 11) is -3.60. The number of alkyl halides is 1. The molecule has 15 heavy (non-hydrogen) atoms. The van der Waals surface area contributed by atoms with E-state index in [4.69, 9.17) is 5.14 Å². The summed E-state index contributed by atoms with van der Waals surface area (Å²) in [6, 6.07) is 6.18. The van der Waals surface area contributed by atoms with Crippen molar-refractivity contribution in [1.82, 2.24) is 0 Å². The molecular formula is C10H10BrNO2S. The first-order chi connectivity index (χ1) is 7.04. The van der Waals surface area contributed by atoms with Crippen LogP contribution in [-0.2, 0) is 10.0 Å². The molecule has 1 aromatic rings. The van der Waals surface area contributed by atoms with Crippen LogP contribution in [0.1, 0.15) is 12.0 Å². The average Bonchev–Trinajstić information content (AvgIpc) is 2.18. The van der Waals surface area contributed by atoms with Crippen LogP contribution in [0.3, 0.4) is 0 Å². The summed E-state index contributed by atoms with van der Waals surface area (Å²) >= 11 is 3.26. The molecule has 0 atom stereocenters. The highest BCUT2D eigenvalue weighted by Gasteiger charge is 2.05. The van der Waals surface area contributed by atoms with Crippen LogP contribution in [0, 0.1) is 11.8 Å². The Bertz CT molecular complexity index is 482. The Morgan fingerprint density at radius 2 is 1.87 bits per heavy atom. The predicted octanol–water partition coefficient (Wildman–Crippen LogP) is 1.47. The molecule has 0 saturated heterocycles. The molecule has 0 heterocycles. The predicted molar refractivity (Wildman–Crippen MR) is 63.1 cm³/mol. The van der Waals surface area contributed by atoms with Gasteiger partial charge in [0.25, 0.3) is 0 Å². The summed E-state index contributed by atoms with van der Waals surface area (Å²) in [5.74, 6) is 5.84. The van der Waals surface area contributed by atoms with Gasteiger partial charge in [0.15, 0.2) is 0 Å². The first-order valence-electron chi connectivity index (χ1n) is 4.22. The van der Waals surface area contributed by atoms with Crippen LogP contribution >= 0.6 is 15.9 Å². The quantitative estimate of drug-likeness (QED) is 0.661. The van der Waals surface area contributed by atoms with Crippen molar-refractivity contribution in [1.29, 1.82) is 0 Å². The molecule has 0 aliphatic heterocycles. The van der Waals surface area contributed by atoms with Gasteiger partial charge in [-0.05, 0) is 24.3 Å². The van der Waals surface area contributed by atoms with Crippen molar-refractivity contribution in [3.8, 4) is 11.8 Å². The number of primary sulfonamides is 1. The molecule has 2 N–H and O–H groups in total. The Labute approximate surface area is 97.9 Å². The second-order valence-corrected chi connectivity index (χ2v) is 5.16. The van der Waals surface area contributed by atoms with Gasteiger partial charge in [-0.1, -0.05) is 27.8 Å². The second kappa shape index (κ2) is 5.31. The van der Waals surface area contributed by atoms with Gasteiger partial charge in [0.05, 0.1) is 4.90 Å². The number of rotatable bonds is 2. The molecule has 3 nitrogen and oxygen atoms in total. The molecule has 0 unspecified atom stereocenters. The zero-order valence-electron chi connectivity index (χ0n) is 7.90. The molecule has 0 radical (unpaired) electrons. The Morgan fingerprint density at radius 1 is 1.27 bits per heavy atom. The molecular weight excluding hydrogens is 278 g/mol. The van der Waals surface area contributed by atoms with Crippen LogP contribution in [0.15, 0.2) is 29.2 Å². The van der Waals surface area contributed by atoms with E-state index in [1.807, 2.05) is 0 Å². The summed E-state index contributed by atoms with van der Waals surface area (Å²) in [5.41, 5.74) is 0.781. The number of hydrogen-bond donors (Lipinski definition) is 1. The number of sulfonamides is 1. The van der Waals surface area contributed by atoms with Crippen molar-refractivity contribution in [2.24, 2.45) is 5.14 Å². The molecule has 1 rings (SSSR count). The normalized spacial score (nSPS) is 10.5. The van der Waals surface area contributed by atoms with Gasteiger partial charge >= 0.3 is 0 Å². The maximum atomic E-state index is 10.9. The van der Waals surface area contributed by atoms with Gasteiger partial charge in [-0.2, -0.15) is 0 Å². The van der Waals surface area contributed by atoms with Gasteiger partial charge < -0.3 is 0 Å². The Kier molecular flexibility index (Phi) is 4.33. The molecule has 0 amide bonds. The Hall–Kier alpha value is -0.830. The second-order valence-electron chi connectivity index (χ2n) is 2.81. The van der Waals surface area contributed by atoms with E-state index in [1.165, 1.54) is 12.1 Å². The molecule has 5 heteroatoms. The number of benzene rings is 1. The minimum atomic E-state index is -3.60. The van der Waals surface area contributed by atoms with Crippen LogP contribution in [-0.4, -0.2) is 13.7 Å². The minimum absolute atomic E-state index is 0.105. The van der Waals surface area contributed by atoms with Crippen molar-refractivity contribution >= 4 is 26.0 Å². The van der Waals surface area contributed by atoms with E-state index in [1.54, 1.807) is 12.1 Å². The first kappa shape index (κ1) is 12.2. The highest BCUT2D eigenvalue weighted by Crippen LogP contribution is 2.07. The van der Waals surface area contributed by atoms with Crippen LogP contribution in [0.4, 0.5) is 0 Å². The highest BCUT2D eigenvalue weighted by molar-refractivity contribution is 9.09. The maximum Gasteiger partial charge on any atom is 0.238 e. The van der Waals surface area contributed by atoms with E-state index in [2.05, 4.69) is 27.8 Å². The van der Waals surface area contributed by atoms with Crippen LogP contribution in [0.2, 0.25) is 0 Å². The lowest BCUT2D eigenvalue weighted by atomic mass is 10.2. The lowest BCUT2D eigenvalue weighted by Gasteiger charge is -1.96. The largest absolute Gasteiger partial charge is 0.238 e. The van der Waals surface area contributed by atoms with Crippen LogP contribution < -0.4 is 5.14 Å². The van der Waals surface area contributed by atoms with Gasteiger partial charge in [-0.15, -0.1) is 0 Å². The van der Waals surface area contributed by atoms with Crippen molar-refractivity contribution in [2.75, 3.05) is 5.33 Å². The summed E-state index contributed by atoms with van der Waals surface area (Å²) in [6.45, 7) is 0. The standard InChI is InChI=1S/C10H10BrNO2S/c11-8-2-1-3-9-4-6-10(7-5-9)15(12,13)14/h4-7H,2,8H2,(H2,12,13,14). The average molecular weight is 288 g/mol. The van der Waals surface area contributed by atoms with Gasteiger partial charge in [0.2, 0.25) is 10.0 Å². The Morgan fingerprint density at radius 3 is 2.33 bits per heavy atom. The molecule has 0 saturated carbocycles. The highest BCUT2D eigenvalue weighted by atomic mass is 79.9. The smallest absolute Gasteiger partial charge is 0.225 e. The summed E-state index contributed by atoms with van der Waals surface area (Å²) in [4.78, 5) is 0.105. The van der Waals surface area contributed by atoms with Gasteiger partial charge in [-0.3, -0.25) is 0 Å². The number of hydrogen-bond acceptors (Lipinski definition) is 2. The van der Waals surface area contributed by atoms with Crippen molar-refractivity contribution in [3.63, 3.8) is 0 Å². The van der Waals surface area contributed by atoms with Crippen LogP contribution in [0.25, 0.3) is 0 Å². The zero-order chi connectivity index (χ0) is 11.3. The van der Waals surface area contributed by atoms with E-state index >= 15 is 0 Å². The molecule has 0 fully saturated rings. The first-order valence-corrected chi connectivity index (χ1v) is 6.88. The van der Waals surface area contributed by atoms with Gasteiger partial charge in [0.1, 0.15) is 0 Å². The molecule has 0 aromatic heterocycles. The molecule has 80 valence electrons. The summed E-state index contributed by atoms with van der Waals surface area (Å²) < 4.78 is 21.9. The third-order valence-electron chi connectivity index (χ3n) is 1.64. The molecule has 0 aliphatic rings. The number of nitrogens with two attached hydrogens (primary N) is 1. The van der Waals surface area contributed by atoms with E-state index in [0.29, 0.717) is 0 Å². The van der Waals surface area contributed by atoms with Crippen molar-refractivity contribution < 1.29 is 8.42 Å². The Balaban J connectivity index is 2.88. The number of halogens is 1. The monoisotopic (exact) mass is 287 g/mol. The van der Waals surface area contributed by atoms with Crippen molar-refractivity contribution in [3.05, 3.63) is 29.8 Å². The summed E-state index contributed by atoms with van der Waals surface area (Å²) in [6.07, 6.45) is 0.761. The maximum absolute atomic E-state index is 10.9. The van der Waals surface area contributed by atoms with E-state index in [0.717, 1.165) is 17.3 Å². The van der Waals surface area contributed by atoms with E-state index in [9.17, 15) is 8.42 Å². The minimum Gasteiger partial charge on any atom is -0.225 e. The topological polar surface area (TPSA) is 60.2 Å². The molecule has 0 aliphatic carbocycles. The fourth-order valence-electron chi connectivity index (χ4n) is 0.940.